The number of thiocarbonyl (C=S) groups is 1. The van der Waals surface area contributed by atoms with E-state index in [9.17, 15) is 19.7 Å². The van der Waals surface area contributed by atoms with Crippen molar-refractivity contribution in [1.29, 1.82) is 0 Å². The van der Waals surface area contributed by atoms with Gasteiger partial charge in [-0.3, -0.25) is 29.9 Å². The number of non-ortho nitro benzene ring substituents is 1. The lowest BCUT2D eigenvalue weighted by molar-refractivity contribution is -0.384. The van der Waals surface area contributed by atoms with Gasteiger partial charge in [0.15, 0.2) is 5.11 Å². The molecule has 2 aromatic carbocycles. The van der Waals surface area contributed by atoms with E-state index in [0.29, 0.717) is 44.2 Å². The van der Waals surface area contributed by atoms with Gasteiger partial charge in [-0.2, -0.15) is 0 Å². The topological polar surface area (TPSA) is 108 Å². The van der Waals surface area contributed by atoms with Crippen LogP contribution in [-0.4, -0.2) is 59.5 Å². The van der Waals surface area contributed by atoms with Crippen LogP contribution in [0.4, 0.5) is 17.1 Å². The van der Waals surface area contributed by atoms with Gasteiger partial charge in [-0.1, -0.05) is 0 Å². The summed E-state index contributed by atoms with van der Waals surface area (Å²) in [6, 6.07) is 13.3. The van der Waals surface area contributed by atoms with E-state index in [4.69, 9.17) is 17.0 Å². The summed E-state index contributed by atoms with van der Waals surface area (Å²) < 4.78 is 5.44. The smallest absolute Gasteiger partial charge is 0.271 e. The summed E-state index contributed by atoms with van der Waals surface area (Å²) in [5.74, 6) is -0.349. The molecule has 10 nitrogen and oxygen atoms in total. The third-order valence-electron chi connectivity index (χ3n) is 5.56. The lowest BCUT2D eigenvalue weighted by atomic mass is 10.1. The largest absolute Gasteiger partial charge is 0.494 e. The monoisotopic (exact) mass is 481 g/mol. The Hall–Kier alpha value is -3.99. The zero-order valence-corrected chi connectivity index (χ0v) is 19.3. The summed E-state index contributed by atoms with van der Waals surface area (Å²) in [4.78, 5) is 41.5. The minimum absolute atomic E-state index is 0.00581. The summed E-state index contributed by atoms with van der Waals surface area (Å²) in [5.41, 5.74) is 1.47. The Kier molecular flexibility index (Phi) is 6.73. The lowest BCUT2D eigenvalue weighted by Crippen LogP contribution is -2.55. The van der Waals surface area contributed by atoms with Crippen molar-refractivity contribution >= 4 is 46.2 Å². The highest BCUT2D eigenvalue weighted by molar-refractivity contribution is 7.80. The second-order valence-corrected chi connectivity index (χ2v) is 8.05. The van der Waals surface area contributed by atoms with E-state index in [2.05, 4.69) is 10.2 Å². The zero-order chi connectivity index (χ0) is 24.2. The first-order valence-electron chi connectivity index (χ1n) is 10.7. The molecule has 11 heteroatoms. The van der Waals surface area contributed by atoms with Crippen molar-refractivity contribution in [2.45, 2.75) is 6.92 Å². The Balaban J connectivity index is 1.45. The highest BCUT2D eigenvalue weighted by Crippen LogP contribution is 2.25. The van der Waals surface area contributed by atoms with E-state index in [-0.39, 0.29) is 16.4 Å². The van der Waals surface area contributed by atoms with Gasteiger partial charge in [0, 0.05) is 50.2 Å². The van der Waals surface area contributed by atoms with Crippen molar-refractivity contribution in [2.75, 3.05) is 42.6 Å². The number of carbonyl (C=O) groups excluding carboxylic acids is 2. The molecule has 34 heavy (non-hydrogen) atoms. The van der Waals surface area contributed by atoms with Gasteiger partial charge in [0.05, 0.1) is 17.2 Å². The van der Waals surface area contributed by atoms with Crippen molar-refractivity contribution in [3.05, 3.63) is 70.4 Å². The maximum absolute atomic E-state index is 13.2. The maximum atomic E-state index is 13.2. The number of amides is 2. The van der Waals surface area contributed by atoms with E-state index in [1.54, 1.807) is 42.6 Å². The van der Waals surface area contributed by atoms with Gasteiger partial charge >= 0.3 is 0 Å². The number of nitro groups is 1. The Bertz CT molecular complexity index is 1140. The Morgan fingerprint density at radius 2 is 1.65 bits per heavy atom. The Morgan fingerprint density at radius 3 is 2.24 bits per heavy atom. The molecule has 0 bridgehead atoms. The molecule has 0 aromatic heterocycles. The predicted octanol–water partition coefficient (Wildman–Crippen LogP) is 2.45. The molecule has 176 valence electrons. The van der Waals surface area contributed by atoms with E-state index < -0.39 is 16.7 Å². The van der Waals surface area contributed by atoms with E-state index in [1.165, 1.54) is 17.0 Å². The fourth-order valence-corrected chi connectivity index (χ4v) is 4.09. The van der Waals surface area contributed by atoms with Crippen LogP contribution >= 0.6 is 12.2 Å². The number of anilines is 2. The summed E-state index contributed by atoms with van der Waals surface area (Å²) in [6.07, 6.45) is 1.58. The molecule has 2 amide bonds. The second-order valence-electron chi connectivity index (χ2n) is 7.67. The summed E-state index contributed by atoms with van der Waals surface area (Å²) >= 11 is 5.25. The van der Waals surface area contributed by atoms with Crippen molar-refractivity contribution in [2.24, 2.45) is 0 Å². The zero-order valence-electron chi connectivity index (χ0n) is 18.5. The molecule has 4 rings (SSSR count). The van der Waals surface area contributed by atoms with Gasteiger partial charge in [0.2, 0.25) is 0 Å². The second kappa shape index (κ2) is 9.87. The molecule has 0 radical (unpaired) electrons. The number of nitro benzene ring substituents is 1. The number of nitrogens with one attached hydrogen (secondary N) is 1. The quantitative estimate of drug-likeness (QED) is 0.220. The van der Waals surface area contributed by atoms with Crippen molar-refractivity contribution < 1.29 is 19.2 Å². The summed E-state index contributed by atoms with van der Waals surface area (Å²) in [7, 11) is 0. The molecule has 0 atom stereocenters. The molecule has 0 aliphatic carbocycles. The fraction of sp³-hybridized carbons (Fsp3) is 0.261. The molecular weight excluding hydrogens is 458 g/mol. The fourth-order valence-electron chi connectivity index (χ4n) is 3.81. The number of carbonyl (C=O) groups is 2. The molecule has 0 spiro atoms. The van der Waals surface area contributed by atoms with Gasteiger partial charge in [-0.05, 0) is 55.5 Å². The summed E-state index contributed by atoms with van der Waals surface area (Å²) in [6.45, 7) is 4.84. The Labute approximate surface area is 201 Å². The highest BCUT2D eigenvalue weighted by atomic mass is 32.1. The van der Waals surface area contributed by atoms with Gasteiger partial charge in [0.1, 0.15) is 11.3 Å². The highest BCUT2D eigenvalue weighted by Gasteiger charge is 2.35. The average Bonchev–Trinajstić information content (AvgIpc) is 2.83. The first-order chi connectivity index (χ1) is 16.4. The van der Waals surface area contributed by atoms with Crippen LogP contribution in [0.5, 0.6) is 5.75 Å². The number of ether oxygens (including phenoxy) is 1. The molecule has 2 aromatic rings. The number of hydrogen-bond donors (Lipinski definition) is 1. The number of nitrogens with zero attached hydrogens (tertiary/aromatic N) is 4. The SMILES string of the molecule is CCOc1ccc(N2C(=O)C(=CN3CCN(c4ccc([N+](=O)[O-])cc4)CC3)C(=O)NC2=S)cc1. The minimum atomic E-state index is -0.532. The maximum Gasteiger partial charge on any atom is 0.271 e. The average molecular weight is 482 g/mol. The first-order valence-corrected chi connectivity index (χ1v) is 11.2. The molecule has 2 aliphatic rings. The van der Waals surface area contributed by atoms with E-state index >= 15 is 0 Å². The molecule has 2 heterocycles. The first kappa shape index (κ1) is 23.2. The van der Waals surface area contributed by atoms with Crippen molar-refractivity contribution in [3.63, 3.8) is 0 Å². The number of hydrogen-bond acceptors (Lipinski definition) is 8. The predicted molar refractivity (Wildman–Crippen MR) is 131 cm³/mol. The van der Waals surface area contributed by atoms with Crippen LogP contribution in [0.3, 0.4) is 0 Å². The molecular formula is C23H23N5O5S. The molecule has 0 saturated carbocycles. The van der Waals surface area contributed by atoms with Gasteiger partial charge in [0.25, 0.3) is 17.5 Å². The standard InChI is InChI=1S/C23H23N5O5S/c1-2-33-19-9-7-17(8-10-19)27-22(30)20(21(29)24-23(27)34)15-25-11-13-26(14-12-25)16-3-5-18(6-4-16)28(31)32/h3-10,15H,2,11-14H2,1H3,(H,24,29,34). The molecule has 0 unspecified atom stereocenters. The minimum Gasteiger partial charge on any atom is -0.494 e. The molecule has 1 N–H and O–H groups in total. The van der Waals surface area contributed by atoms with Crippen LogP contribution in [-0.2, 0) is 9.59 Å². The van der Waals surface area contributed by atoms with E-state index in [1.807, 2.05) is 11.8 Å². The van der Waals surface area contributed by atoms with Crippen LogP contribution in [0, 0.1) is 10.1 Å². The molecule has 2 saturated heterocycles. The third-order valence-corrected chi connectivity index (χ3v) is 5.84. The lowest BCUT2D eigenvalue weighted by Gasteiger charge is -2.36. The van der Waals surface area contributed by atoms with Crippen LogP contribution in [0.2, 0.25) is 0 Å². The third kappa shape index (κ3) is 4.84. The normalized spacial score (nSPS) is 17.7. The van der Waals surface area contributed by atoms with Crippen LogP contribution in [0.25, 0.3) is 0 Å². The number of piperazine rings is 1. The molecule has 2 aliphatic heterocycles. The number of benzene rings is 2. The number of rotatable bonds is 6. The van der Waals surface area contributed by atoms with Gasteiger partial charge in [-0.15, -0.1) is 0 Å². The molecule has 2 fully saturated rings. The van der Waals surface area contributed by atoms with Crippen molar-refractivity contribution in [1.82, 2.24) is 10.2 Å². The summed E-state index contributed by atoms with van der Waals surface area (Å²) in [5, 5.41) is 13.5. The van der Waals surface area contributed by atoms with Crippen LogP contribution in [0.15, 0.2) is 60.3 Å². The Morgan fingerprint density at radius 1 is 1.03 bits per heavy atom. The van der Waals surface area contributed by atoms with Crippen LogP contribution in [0.1, 0.15) is 6.92 Å². The van der Waals surface area contributed by atoms with Gasteiger partial charge < -0.3 is 14.5 Å². The van der Waals surface area contributed by atoms with Crippen molar-refractivity contribution in [3.8, 4) is 5.75 Å². The van der Waals surface area contributed by atoms with Gasteiger partial charge in [-0.25, -0.2) is 0 Å². The van der Waals surface area contributed by atoms with E-state index in [0.717, 1.165) is 5.69 Å². The van der Waals surface area contributed by atoms with Crippen LogP contribution < -0.4 is 19.9 Å².